The van der Waals surface area contributed by atoms with Crippen LogP contribution in [0.5, 0.6) is 0 Å². The molecule has 1 aromatic carbocycles. The number of likely N-dealkylation sites (tertiary alicyclic amines) is 1. The second-order valence-corrected chi connectivity index (χ2v) is 7.59. The maximum atomic E-state index is 4.70. The zero-order valence-electron chi connectivity index (χ0n) is 14.5. The fourth-order valence-corrected chi connectivity index (χ4v) is 4.28. The topological polar surface area (TPSA) is 46.8 Å². The van der Waals surface area contributed by atoms with Crippen molar-refractivity contribution >= 4 is 11.5 Å². The van der Waals surface area contributed by atoms with Gasteiger partial charge in [-0.2, -0.15) is 0 Å². The van der Waals surface area contributed by atoms with Gasteiger partial charge in [0.1, 0.15) is 5.82 Å². The van der Waals surface area contributed by atoms with Crippen LogP contribution in [-0.4, -0.2) is 37.1 Å². The van der Waals surface area contributed by atoms with Crippen molar-refractivity contribution in [2.24, 2.45) is 0 Å². The van der Waals surface area contributed by atoms with Gasteiger partial charge in [-0.15, -0.1) is 5.10 Å². The van der Waals surface area contributed by atoms with Crippen LogP contribution >= 0.6 is 11.5 Å². The van der Waals surface area contributed by atoms with Gasteiger partial charge >= 0.3 is 0 Å². The number of imidazole rings is 1. The second-order valence-electron chi connectivity index (χ2n) is 6.75. The second kappa shape index (κ2) is 7.45. The summed E-state index contributed by atoms with van der Waals surface area (Å²) in [4.78, 5) is 8.51. The number of benzene rings is 1. The lowest BCUT2D eigenvalue weighted by atomic mass is 9.97. The number of piperidine rings is 1. The zero-order chi connectivity index (χ0) is 17.1. The SMILES string of the molecule is Cc1nnsc1CN1CCCC(c2nccn2Cc2ccccc2)C1. The molecule has 1 saturated heterocycles. The number of aromatic nitrogens is 4. The van der Waals surface area contributed by atoms with E-state index in [1.54, 1.807) is 0 Å². The van der Waals surface area contributed by atoms with Gasteiger partial charge in [0.2, 0.25) is 0 Å². The van der Waals surface area contributed by atoms with E-state index in [1.165, 1.54) is 40.6 Å². The first-order chi connectivity index (χ1) is 12.3. The first-order valence-corrected chi connectivity index (χ1v) is 9.62. The van der Waals surface area contributed by atoms with E-state index in [2.05, 4.69) is 55.6 Å². The predicted molar refractivity (Wildman–Crippen MR) is 99.7 cm³/mol. The normalized spacial score (nSPS) is 18.5. The van der Waals surface area contributed by atoms with E-state index in [0.717, 1.165) is 31.9 Å². The lowest BCUT2D eigenvalue weighted by Gasteiger charge is -2.32. The minimum atomic E-state index is 0.494. The van der Waals surface area contributed by atoms with Crippen molar-refractivity contribution in [2.45, 2.75) is 38.8 Å². The molecule has 0 N–H and O–H groups in total. The van der Waals surface area contributed by atoms with Crippen LogP contribution in [0, 0.1) is 6.92 Å². The van der Waals surface area contributed by atoms with E-state index in [-0.39, 0.29) is 0 Å². The van der Waals surface area contributed by atoms with Crippen LogP contribution in [0.1, 0.15) is 40.7 Å². The standard InChI is InChI=1S/C19H23N5S/c1-15-18(25-22-21-15)14-23-10-5-8-17(13-23)19-20-9-11-24(19)12-16-6-3-2-4-7-16/h2-4,6-7,9,11,17H,5,8,10,12-14H2,1H3. The van der Waals surface area contributed by atoms with Crippen LogP contribution in [0.4, 0.5) is 0 Å². The first-order valence-electron chi connectivity index (χ1n) is 8.85. The van der Waals surface area contributed by atoms with Crippen molar-refractivity contribution in [2.75, 3.05) is 13.1 Å². The molecular weight excluding hydrogens is 330 g/mol. The van der Waals surface area contributed by atoms with Crippen LogP contribution in [-0.2, 0) is 13.1 Å². The number of aryl methyl sites for hydroxylation is 1. The van der Waals surface area contributed by atoms with Gasteiger partial charge in [-0.3, -0.25) is 4.90 Å². The molecule has 4 rings (SSSR count). The van der Waals surface area contributed by atoms with Gasteiger partial charge in [0.05, 0.1) is 10.6 Å². The minimum absolute atomic E-state index is 0.494. The highest BCUT2D eigenvalue weighted by molar-refractivity contribution is 7.05. The highest BCUT2D eigenvalue weighted by atomic mass is 32.1. The Kier molecular flexibility index (Phi) is 4.90. The summed E-state index contributed by atoms with van der Waals surface area (Å²) in [5.41, 5.74) is 2.39. The molecule has 1 unspecified atom stereocenters. The van der Waals surface area contributed by atoms with Crippen LogP contribution in [0.3, 0.4) is 0 Å². The summed E-state index contributed by atoms with van der Waals surface area (Å²) in [5.74, 6) is 1.71. The third kappa shape index (κ3) is 3.80. The lowest BCUT2D eigenvalue weighted by Crippen LogP contribution is -2.34. The monoisotopic (exact) mass is 353 g/mol. The molecule has 0 bridgehead atoms. The van der Waals surface area contributed by atoms with Crippen molar-refractivity contribution in [1.29, 1.82) is 0 Å². The van der Waals surface area contributed by atoms with Gasteiger partial charge in [0.15, 0.2) is 0 Å². The molecule has 0 saturated carbocycles. The quantitative estimate of drug-likeness (QED) is 0.705. The highest BCUT2D eigenvalue weighted by Crippen LogP contribution is 2.28. The Labute approximate surface area is 152 Å². The van der Waals surface area contributed by atoms with Crippen molar-refractivity contribution < 1.29 is 0 Å². The summed E-state index contributed by atoms with van der Waals surface area (Å²) >= 11 is 1.52. The Morgan fingerprint density at radius 3 is 2.88 bits per heavy atom. The van der Waals surface area contributed by atoms with Crippen LogP contribution in [0.25, 0.3) is 0 Å². The largest absolute Gasteiger partial charge is 0.330 e. The number of hydrogen-bond donors (Lipinski definition) is 0. The van der Waals surface area contributed by atoms with Gasteiger partial charge in [-0.05, 0) is 43.4 Å². The number of hydrogen-bond acceptors (Lipinski definition) is 5. The van der Waals surface area contributed by atoms with Gasteiger partial charge in [0, 0.05) is 37.9 Å². The van der Waals surface area contributed by atoms with Crippen molar-refractivity contribution in [3.05, 3.63) is 64.7 Å². The fraction of sp³-hybridized carbons (Fsp3) is 0.421. The average molecular weight is 353 g/mol. The Balaban J connectivity index is 1.47. The molecule has 0 radical (unpaired) electrons. The van der Waals surface area contributed by atoms with Crippen LogP contribution < -0.4 is 0 Å². The van der Waals surface area contributed by atoms with Crippen molar-refractivity contribution in [3.63, 3.8) is 0 Å². The third-order valence-electron chi connectivity index (χ3n) is 4.93. The van der Waals surface area contributed by atoms with Crippen molar-refractivity contribution in [3.8, 4) is 0 Å². The lowest BCUT2D eigenvalue weighted by molar-refractivity contribution is 0.196. The molecule has 1 aliphatic heterocycles. The summed E-state index contributed by atoms with van der Waals surface area (Å²) in [6.45, 7) is 6.10. The Hall–Kier alpha value is -2.05. The molecule has 3 heterocycles. The van der Waals surface area contributed by atoms with Crippen LogP contribution in [0.2, 0.25) is 0 Å². The van der Waals surface area contributed by atoms with Gasteiger partial charge in [-0.1, -0.05) is 34.8 Å². The zero-order valence-corrected chi connectivity index (χ0v) is 15.3. The van der Waals surface area contributed by atoms with E-state index in [1.807, 2.05) is 13.1 Å². The molecule has 1 aliphatic rings. The Bertz CT molecular complexity index is 810. The van der Waals surface area contributed by atoms with Gasteiger partial charge in [-0.25, -0.2) is 4.98 Å². The Morgan fingerprint density at radius 2 is 2.08 bits per heavy atom. The highest BCUT2D eigenvalue weighted by Gasteiger charge is 2.25. The summed E-state index contributed by atoms with van der Waals surface area (Å²) in [7, 11) is 0. The van der Waals surface area contributed by atoms with E-state index in [4.69, 9.17) is 4.98 Å². The molecule has 0 spiro atoms. The van der Waals surface area contributed by atoms with Gasteiger partial charge < -0.3 is 4.57 Å². The minimum Gasteiger partial charge on any atom is -0.330 e. The summed E-state index contributed by atoms with van der Waals surface area (Å²) in [6, 6.07) is 10.6. The smallest absolute Gasteiger partial charge is 0.113 e. The molecular formula is C19H23N5S. The molecule has 5 nitrogen and oxygen atoms in total. The first kappa shape index (κ1) is 16.4. The molecule has 130 valence electrons. The Morgan fingerprint density at radius 1 is 1.20 bits per heavy atom. The summed E-state index contributed by atoms with van der Waals surface area (Å²) < 4.78 is 6.37. The number of nitrogens with zero attached hydrogens (tertiary/aromatic N) is 5. The predicted octanol–water partition coefficient (Wildman–Crippen LogP) is 3.47. The molecule has 1 fully saturated rings. The molecule has 0 amide bonds. The average Bonchev–Trinajstić information content (AvgIpc) is 3.26. The molecule has 1 atom stereocenters. The maximum Gasteiger partial charge on any atom is 0.113 e. The molecule has 6 heteroatoms. The van der Waals surface area contributed by atoms with E-state index in [9.17, 15) is 0 Å². The van der Waals surface area contributed by atoms with Gasteiger partial charge in [0.25, 0.3) is 0 Å². The summed E-state index contributed by atoms with van der Waals surface area (Å²) in [6.07, 6.45) is 6.48. The van der Waals surface area contributed by atoms with E-state index >= 15 is 0 Å². The molecule has 25 heavy (non-hydrogen) atoms. The van der Waals surface area contributed by atoms with Crippen LogP contribution in [0.15, 0.2) is 42.7 Å². The molecule has 0 aliphatic carbocycles. The number of rotatable bonds is 5. The molecule has 3 aromatic rings. The fourth-order valence-electron chi connectivity index (χ4n) is 3.60. The molecule has 2 aromatic heterocycles. The van der Waals surface area contributed by atoms with E-state index < -0.39 is 0 Å². The van der Waals surface area contributed by atoms with E-state index in [0.29, 0.717) is 5.92 Å². The third-order valence-corrected chi connectivity index (χ3v) is 5.73. The maximum absolute atomic E-state index is 4.70. The summed E-state index contributed by atoms with van der Waals surface area (Å²) in [5, 5.41) is 4.14. The van der Waals surface area contributed by atoms with Crippen molar-refractivity contribution in [1.82, 2.24) is 24.0 Å².